The number of β-amino-alcohol motifs (C(OH)–C–C–N with tert-alkyl or cyclic N) is 1. The summed E-state index contributed by atoms with van der Waals surface area (Å²) in [6.45, 7) is 4.20. The number of aryl methyl sites for hydroxylation is 1. The van der Waals surface area contributed by atoms with Gasteiger partial charge in [-0.15, -0.1) is 0 Å². The molecule has 4 aliphatic heterocycles. The molecule has 0 saturated carbocycles. The summed E-state index contributed by atoms with van der Waals surface area (Å²) in [5, 5.41) is 9.13. The quantitative estimate of drug-likeness (QED) is 0.452. The smallest absolute Gasteiger partial charge is 0.418 e. The highest BCUT2D eigenvalue weighted by atomic mass is 32.2. The van der Waals surface area contributed by atoms with Crippen molar-refractivity contribution in [2.24, 2.45) is 0 Å². The van der Waals surface area contributed by atoms with E-state index in [0.717, 1.165) is 12.5 Å². The Bertz CT molecular complexity index is 1660. The lowest BCUT2D eigenvalue weighted by molar-refractivity contribution is -0.139. The maximum atomic E-state index is 14.2. The second-order valence-electron chi connectivity index (χ2n) is 13.0. The van der Waals surface area contributed by atoms with Crippen LogP contribution >= 0.6 is 0 Å². The first-order chi connectivity index (χ1) is 21.0. The van der Waals surface area contributed by atoms with Gasteiger partial charge in [0.25, 0.3) is 6.08 Å². The van der Waals surface area contributed by atoms with E-state index in [2.05, 4.69) is 15.0 Å². The van der Waals surface area contributed by atoms with Gasteiger partial charge in [-0.1, -0.05) is 0 Å². The minimum atomic E-state index is -4.89. The van der Waals surface area contributed by atoms with Crippen molar-refractivity contribution in [3.05, 3.63) is 45.8 Å². The van der Waals surface area contributed by atoms with E-state index in [1.165, 1.54) is 6.92 Å². The van der Waals surface area contributed by atoms with E-state index >= 15 is 0 Å². The second-order valence-corrected chi connectivity index (χ2v) is 15.2. The highest BCUT2D eigenvalue weighted by molar-refractivity contribution is 7.91. The number of nitrogens with two attached hydrogens (primary N) is 1. The zero-order valence-electron chi connectivity index (χ0n) is 24.9. The molecule has 6 heterocycles. The van der Waals surface area contributed by atoms with Crippen LogP contribution in [0.15, 0.2) is 17.7 Å². The lowest BCUT2D eigenvalue weighted by Gasteiger charge is -2.39. The number of alkyl halides is 3. The number of nitrogens with zero attached hydrogens (tertiary/aromatic N) is 5. The summed E-state index contributed by atoms with van der Waals surface area (Å²) in [7, 11) is -4.27. The molecule has 3 fully saturated rings. The van der Waals surface area contributed by atoms with Gasteiger partial charge in [-0.3, -0.25) is 4.90 Å². The van der Waals surface area contributed by atoms with Gasteiger partial charge in [0.05, 0.1) is 33.8 Å². The van der Waals surface area contributed by atoms with Crippen LogP contribution in [-0.2, 0) is 28.2 Å². The molecule has 0 aliphatic carbocycles. The molecular formula is C29H35F5N6O4S. The molecule has 0 unspecified atom stereocenters. The van der Waals surface area contributed by atoms with Gasteiger partial charge in [-0.05, 0) is 64.1 Å². The Hall–Kier alpha value is -3.11. The van der Waals surface area contributed by atoms with Crippen LogP contribution in [0.5, 0.6) is 6.01 Å². The van der Waals surface area contributed by atoms with Crippen molar-refractivity contribution < 1.29 is 40.2 Å². The van der Waals surface area contributed by atoms with Crippen molar-refractivity contribution >= 4 is 21.5 Å². The van der Waals surface area contributed by atoms with Gasteiger partial charge in [0.15, 0.2) is 9.84 Å². The average Bonchev–Trinajstić information content (AvgIpc) is 3.47. The first kappa shape index (κ1) is 31.9. The maximum Gasteiger partial charge on any atom is 0.418 e. The highest BCUT2D eigenvalue weighted by Crippen LogP contribution is 2.46. The van der Waals surface area contributed by atoms with E-state index in [1.807, 2.05) is 4.90 Å². The van der Waals surface area contributed by atoms with Gasteiger partial charge >= 0.3 is 12.2 Å². The Balaban J connectivity index is 1.42. The number of anilines is 2. The van der Waals surface area contributed by atoms with Crippen LogP contribution in [0.2, 0.25) is 0 Å². The zero-order chi connectivity index (χ0) is 32.5. The van der Waals surface area contributed by atoms with Crippen molar-refractivity contribution in [2.45, 2.75) is 80.7 Å². The van der Waals surface area contributed by atoms with E-state index < -0.39 is 61.9 Å². The van der Waals surface area contributed by atoms with Crippen molar-refractivity contribution in [1.29, 1.82) is 0 Å². The number of halogens is 5. The molecule has 4 aliphatic rings. The summed E-state index contributed by atoms with van der Waals surface area (Å²) >= 11 is 0. The molecule has 2 aromatic rings. The van der Waals surface area contributed by atoms with E-state index in [-0.39, 0.29) is 66.2 Å². The van der Waals surface area contributed by atoms with E-state index in [1.54, 1.807) is 11.8 Å². The molecule has 0 amide bonds. The van der Waals surface area contributed by atoms with Gasteiger partial charge in [-0.2, -0.15) is 31.9 Å². The molecule has 2 aromatic heterocycles. The summed E-state index contributed by atoms with van der Waals surface area (Å²) in [5.41, 5.74) is 2.39. The molecule has 16 heteroatoms. The summed E-state index contributed by atoms with van der Waals surface area (Å²) in [4.78, 5) is 16.7. The number of piperidine rings is 1. The van der Waals surface area contributed by atoms with Gasteiger partial charge in [0, 0.05) is 37.2 Å². The van der Waals surface area contributed by atoms with E-state index in [9.17, 15) is 35.5 Å². The van der Waals surface area contributed by atoms with Crippen LogP contribution in [0.25, 0.3) is 0 Å². The molecule has 0 radical (unpaired) electrons. The monoisotopic (exact) mass is 658 g/mol. The third-order valence-electron chi connectivity index (χ3n) is 9.44. The Morgan fingerprint density at radius 3 is 2.60 bits per heavy atom. The number of pyridine rings is 1. The highest BCUT2D eigenvalue weighted by Gasteiger charge is 2.49. The number of sulfone groups is 1. The molecule has 246 valence electrons. The number of aliphatic hydroxyl groups is 1. The standard InChI is InChI=1S/C29H35F5N6O4S/c1-16-9-21(35)37-23(22(16)29(32,33)34)20-10-19-18(13-45(20,42)43)25(39-7-3-5-27(2,41)14-39)38-26(36-19)44-15-28-6-4-8-40(28)12-17(11-28)24(30)31/h9,20,41H,3-8,10-15H2,1-2H3,(H2,35,37)/t20-,27-,28+/m1/s1. The lowest BCUT2D eigenvalue weighted by Crippen LogP contribution is -2.47. The number of fused-ring (bicyclic) bond motifs is 2. The normalized spacial score (nSPS) is 28.2. The second kappa shape index (κ2) is 11.0. The number of rotatable bonds is 5. The molecule has 6 rings (SSSR count). The molecular weight excluding hydrogens is 623 g/mol. The SMILES string of the molecule is Cc1cc(N)nc([C@H]2Cc3nc(OC[C@@]45CCCN4CC(=C(F)F)C5)nc(N4CCC[C@@](C)(O)C4)c3CS2(=O)=O)c1C(F)(F)F. The number of hydrogen-bond donors (Lipinski definition) is 2. The predicted molar refractivity (Wildman–Crippen MR) is 154 cm³/mol. The Labute approximate surface area is 257 Å². The van der Waals surface area contributed by atoms with Crippen LogP contribution < -0.4 is 15.4 Å². The molecule has 3 N–H and O–H groups in total. The Morgan fingerprint density at radius 2 is 1.91 bits per heavy atom. The van der Waals surface area contributed by atoms with Crippen LogP contribution in [0.1, 0.15) is 72.4 Å². The lowest BCUT2D eigenvalue weighted by atomic mass is 9.94. The van der Waals surface area contributed by atoms with Crippen molar-refractivity contribution in [2.75, 3.05) is 43.4 Å². The van der Waals surface area contributed by atoms with Crippen molar-refractivity contribution in [3.63, 3.8) is 0 Å². The molecule has 0 aromatic carbocycles. The number of hydrogen-bond acceptors (Lipinski definition) is 10. The minimum Gasteiger partial charge on any atom is -0.461 e. The predicted octanol–water partition coefficient (Wildman–Crippen LogP) is 4.11. The fraction of sp³-hybridized carbons (Fsp3) is 0.621. The first-order valence-electron chi connectivity index (χ1n) is 14.8. The molecule has 0 spiro atoms. The van der Waals surface area contributed by atoms with Gasteiger partial charge in [0.1, 0.15) is 23.5 Å². The van der Waals surface area contributed by atoms with Crippen LogP contribution in [-0.4, -0.2) is 77.3 Å². The maximum absolute atomic E-state index is 14.2. The largest absolute Gasteiger partial charge is 0.461 e. The van der Waals surface area contributed by atoms with Crippen LogP contribution in [0.3, 0.4) is 0 Å². The third kappa shape index (κ3) is 5.96. The van der Waals surface area contributed by atoms with Crippen molar-refractivity contribution in [3.8, 4) is 6.01 Å². The number of ether oxygens (including phenoxy) is 1. The summed E-state index contributed by atoms with van der Waals surface area (Å²) in [5.74, 6) is -0.683. The van der Waals surface area contributed by atoms with Gasteiger partial charge in [-0.25, -0.2) is 13.4 Å². The number of nitrogen functional groups attached to an aromatic ring is 1. The fourth-order valence-electron chi connectivity index (χ4n) is 7.40. The summed E-state index contributed by atoms with van der Waals surface area (Å²) < 4.78 is 103. The van der Waals surface area contributed by atoms with Gasteiger partial charge < -0.3 is 20.5 Å². The van der Waals surface area contributed by atoms with E-state index in [0.29, 0.717) is 32.4 Å². The van der Waals surface area contributed by atoms with Crippen molar-refractivity contribution in [1.82, 2.24) is 19.9 Å². The van der Waals surface area contributed by atoms with Crippen LogP contribution in [0, 0.1) is 6.92 Å². The van der Waals surface area contributed by atoms with Crippen LogP contribution in [0.4, 0.5) is 33.6 Å². The van der Waals surface area contributed by atoms with Gasteiger partial charge in [0.2, 0.25) is 0 Å². The Morgan fingerprint density at radius 1 is 1.18 bits per heavy atom. The van der Waals surface area contributed by atoms with E-state index in [4.69, 9.17) is 10.5 Å². The fourth-order valence-corrected chi connectivity index (χ4v) is 9.22. The summed E-state index contributed by atoms with van der Waals surface area (Å²) in [6.07, 6.45) is -4.38. The zero-order valence-corrected chi connectivity index (χ0v) is 25.7. The third-order valence-corrected chi connectivity index (χ3v) is 11.4. The molecule has 10 nitrogen and oxygen atoms in total. The molecule has 3 atom stereocenters. The number of aromatic nitrogens is 3. The topological polar surface area (TPSA) is 135 Å². The molecule has 0 bridgehead atoms. The first-order valence-corrected chi connectivity index (χ1v) is 16.5. The summed E-state index contributed by atoms with van der Waals surface area (Å²) in [6, 6.07) is 0.910. The molecule has 45 heavy (non-hydrogen) atoms. The average molecular weight is 659 g/mol. The minimum absolute atomic E-state index is 0.00433. The Kier molecular flexibility index (Phi) is 7.79. The molecule has 3 saturated heterocycles.